The summed E-state index contributed by atoms with van der Waals surface area (Å²) in [6.07, 6.45) is -4.30. The van der Waals surface area contributed by atoms with Crippen molar-refractivity contribution in [3.8, 4) is 0 Å². The smallest absolute Gasteiger partial charge is 0.306 e. The maximum Gasteiger partial charge on any atom is 0.434 e. The number of nitrogens with zero attached hydrogens (tertiary/aromatic N) is 1. The number of aromatic nitrogens is 2. The van der Waals surface area contributed by atoms with Gasteiger partial charge in [-0.3, -0.25) is 5.10 Å². The first-order valence-corrected chi connectivity index (χ1v) is 7.21. The summed E-state index contributed by atoms with van der Waals surface area (Å²) in [6, 6.07) is 6.11. The van der Waals surface area contributed by atoms with Crippen LogP contribution in [0.1, 0.15) is 5.69 Å². The monoisotopic (exact) mass is 340 g/mol. The lowest BCUT2D eigenvalue weighted by Gasteiger charge is -2.11. The van der Waals surface area contributed by atoms with Crippen LogP contribution in [0.5, 0.6) is 0 Å². The fraction of sp³-hybridized carbons (Fsp3) is 0.100. The van der Waals surface area contributed by atoms with Gasteiger partial charge in [0.05, 0.1) is 16.9 Å². The number of para-hydroxylation sites is 1. The minimum absolute atomic E-state index is 0.194. The number of hydrogen-bond donors (Lipinski definition) is 3. The van der Waals surface area contributed by atoms with Crippen molar-refractivity contribution < 1.29 is 21.6 Å². The molecule has 1 aromatic carbocycles. The van der Waals surface area contributed by atoms with Gasteiger partial charge in [0.25, 0.3) is 10.0 Å². The zero-order valence-electron chi connectivity index (χ0n) is 10.1. The van der Waals surface area contributed by atoms with Crippen LogP contribution in [0.4, 0.5) is 18.9 Å². The Bertz CT molecular complexity index is 745. The molecule has 0 atom stereocenters. The first-order valence-electron chi connectivity index (χ1n) is 5.35. The third-order valence-corrected chi connectivity index (χ3v) is 3.96. The number of sulfonamides is 1. The lowest BCUT2D eigenvalue weighted by molar-refractivity contribution is -0.143. The quantitative estimate of drug-likeness (QED) is 0.746. The van der Waals surface area contributed by atoms with Gasteiger partial charge in [0.2, 0.25) is 0 Å². The van der Waals surface area contributed by atoms with E-state index in [1.807, 2.05) is 4.83 Å². The van der Waals surface area contributed by atoms with E-state index in [9.17, 15) is 21.6 Å². The lowest BCUT2D eigenvalue weighted by atomic mass is 10.3. The van der Waals surface area contributed by atoms with Crippen LogP contribution in [-0.4, -0.2) is 18.6 Å². The van der Waals surface area contributed by atoms with Gasteiger partial charge < -0.3 is 5.43 Å². The van der Waals surface area contributed by atoms with E-state index < -0.39 is 26.8 Å². The number of hydrazine groups is 1. The van der Waals surface area contributed by atoms with Crippen LogP contribution in [0, 0.1) is 0 Å². The van der Waals surface area contributed by atoms with Gasteiger partial charge in [0.1, 0.15) is 4.90 Å². The summed E-state index contributed by atoms with van der Waals surface area (Å²) < 4.78 is 61.6. The largest absolute Gasteiger partial charge is 0.434 e. The summed E-state index contributed by atoms with van der Waals surface area (Å²) in [5, 5.41) is 4.92. The minimum Gasteiger partial charge on any atom is -0.306 e. The third kappa shape index (κ3) is 3.46. The van der Waals surface area contributed by atoms with Crippen molar-refractivity contribution in [3.63, 3.8) is 0 Å². The van der Waals surface area contributed by atoms with E-state index in [2.05, 4.69) is 10.5 Å². The predicted octanol–water partition coefficient (Wildman–Crippen LogP) is 2.39. The van der Waals surface area contributed by atoms with Gasteiger partial charge in [-0.2, -0.15) is 18.3 Å². The molecule has 2 aromatic rings. The normalized spacial score (nSPS) is 12.4. The SMILES string of the molecule is O=S(=O)(NNc1ccccc1Cl)c1cn[nH]c1C(F)(F)F. The van der Waals surface area contributed by atoms with Crippen LogP contribution in [0.25, 0.3) is 0 Å². The van der Waals surface area contributed by atoms with E-state index in [0.717, 1.165) is 0 Å². The molecule has 21 heavy (non-hydrogen) atoms. The summed E-state index contributed by atoms with van der Waals surface area (Å²) in [5.41, 5.74) is 0.973. The number of anilines is 1. The number of nitrogens with one attached hydrogen (secondary N) is 3. The fourth-order valence-electron chi connectivity index (χ4n) is 1.42. The summed E-state index contributed by atoms with van der Waals surface area (Å²) >= 11 is 5.79. The molecule has 0 bridgehead atoms. The van der Waals surface area contributed by atoms with Gasteiger partial charge in [-0.1, -0.05) is 23.7 Å². The fourth-order valence-corrected chi connectivity index (χ4v) is 2.58. The highest BCUT2D eigenvalue weighted by molar-refractivity contribution is 7.89. The van der Waals surface area contributed by atoms with Gasteiger partial charge in [-0.25, -0.2) is 8.42 Å². The number of alkyl halides is 3. The number of halogens is 4. The molecule has 114 valence electrons. The molecule has 0 aliphatic heterocycles. The van der Waals surface area contributed by atoms with Crippen molar-refractivity contribution in [1.82, 2.24) is 15.0 Å². The van der Waals surface area contributed by atoms with Gasteiger partial charge in [0, 0.05) is 0 Å². The highest BCUT2D eigenvalue weighted by Gasteiger charge is 2.39. The number of hydrogen-bond acceptors (Lipinski definition) is 4. The Balaban J connectivity index is 2.24. The summed E-state index contributed by atoms with van der Waals surface area (Å²) in [5.74, 6) is 0. The minimum atomic E-state index is -4.87. The molecule has 11 heteroatoms. The molecule has 0 aliphatic rings. The second-order valence-corrected chi connectivity index (χ2v) is 5.88. The van der Waals surface area contributed by atoms with Gasteiger partial charge in [0.15, 0.2) is 5.69 Å². The zero-order valence-corrected chi connectivity index (χ0v) is 11.6. The van der Waals surface area contributed by atoms with Crippen molar-refractivity contribution >= 4 is 27.3 Å². The Kier molecular flexibility index (Phi) is 4.12. The van der Waals surface area contributed by atoms with Crippen LogP contribution in [0.2, 0.25) is 5.02 Å². The Morgan fingerprint density at radius 1 is 1.24 bits per heavy atom. The second-order valence-electron chi connectivity index (χ2n) is 3.82. The number of benzene rings is 1. The Morgan fingerprint density at radius 2 is 1.90 bits per heavy atom. The zero-order chi connectivity index (χ0) is 15.7. The molecule has 0 amide bonds. The van der Waals surface area contributed by atoms with Gasteiger partial charge in [-0.05, 0) is 12.1 Å². The van der Waals surface area contributed by atoms with Crippen molar-refractivity contribution in [3.05, 3.63) is 41.2 Å². The standard InChI is InChI=1S/C10H8ClF3N4O2S/c11-6-3-1-2-4-7(6)16-18-21(19,20)8-5-15-17-9(8)10(12,13)14/h1-5,16,18H,(H,15,17). The molecule has 2 rings (SSSR count). The molecule has 0 spiro atoms. The molecule has 3 N–H and O–H groups in total. The summed E-state index contributed by atoms with van der Waals surface area (Å²) in [6.45, 7) is 0. The van der Waals surface area contributed by atoms with Crippen LogP contribution >= 0.6 is 11.6 Å². The highest BCUT2D eigenvalue weighted by Crippen LogP contribution is 2.32. The van der Waals surface area contributed by atoms with Crippen LogP contribution in [0.3, 0.4) is 0 Å². The molecule has 1 heterocycles. The summed E-state index contributed by atoms with van der Waals surface area (Å²) in [4.78, 5) is 0.790. The van der Waals surface area contributed by atoms with Crippen LogP contribution < -0.4 is 10.3 Å². The molecule has 1 aromatic heterocycles. The number of aromatic amines is 1. The first-order chi connectivity index (χ1) is 9.72. The maximum atomic E-state index is 12.6. The third-order valence-electron chi connectivity index (χ3n) is 2.37. The lowest BCUT2D eigenvalue weighted by Crippen LogP contribution is -2.31. The second kappa shape index (κ2) is 5.54. The number of rotatable bonds is 4. The first kappa shape index (κ1) is 15.6. The van der Waals surface area contributed by atoms with Crippen molar-refractivity contribution in [1.29, 1.82) is 0 Å². The van der Waals surface area contributed by atoms with Gasteiger partial charge >= 0.3 is 6.18 Å². The summed E-state index contributed by atoms with van der Waals surface area (Å²) in [7, 11) is -4.48. The van der Waals surface area contributed by atoms with Crippen molar-refractivity contribution in [2.45, 2.75) is 11.1 Å². The highest BCUT2D eigenvalue weighted by atomic mass is 35.5. The average molecular weight is 341 g/mol. The van der Waals surface area contributed by atoms with Crippen molar-refractivity contribution in [2.75, 3.05) is 5.43 Å². The maximum absolute atomic E-state index is 12.6. The number of H-pyrrole nitrogens is 1. The predicted molar refractivity (Wildman–Crippen MR) is 69.0 cm³/mol. The van der Waals surface area contributed by atoms with E-state index in [4.69, 9.17) is 11.6 Å². The Labute approximate surface area is 122 Å². The van der Waals surface area contributed by atoms with E-state index in [1.165, 1.54) is 12.1 Å². The van der Waals surface area contributed by atoms with E-state index in [-0.39, 0.29) is 10.7 Å². The van der Waals surface area contributed by atoms with Crippen LogP contribution in [-0.2, 0) is 16.2 Å². The topological polar surface area (TPSA) is 86.9 Å². The molecular formula is C10H8ClF3N4O2S. The molecule has 0 fully saturated rings. The van der Waals surface area contributed by atoms with Gasteiger partial charge in [-0.15, -0.1) is 4.83 Å². The molecule has 0 saturated carbocycles. The van der Waals surface area contributed by atoms with E-state index in [0.29, 0.717) is 6.20 Å². The molecular weight excluding hydrogens is 333 g/mol. The molecule has 0 unspecified atom stereocenters. The van der Waals surface area contributed by atoms with Crippen molar-refractivity contribution in [2.24, 2.45) is 0 Å². The molecule has 6 nitrogen and oxygen atoms in total. The Hall–Kier alpha value is -1.78. The Morgan fingerprint density at radius 3 is 2.52 bits per heavy atom. The van der Waals surface area contributed by atoms with E-state index >= 15 is 0 Å². The molecule has 0 saturated heterocycles. The van der Waals surface area contributed by atoms with Crippen LogP contribution in [0.15, 0.2) is 35.4 Å². The average Bonchev–Trinajstić information content (AvgIpc) is 2.88. The van der Waals surface area contributed by atoms with E-state index in [1.54, 1.807) is 17.2 Å². The molecule has 0 radical (unpaired) electrons. The molecule has 0 aliphatic carbocycles.